The third-order valence-electron chi connectivity index (χ3n) is 2.80. The standard InChI is InChI=1S/C12H21NO3S/c1-12(2,7-11(15)16)13-10(14)6-9-4-3-5-17-8-9/h9H,3-8H2,1-2H3,(H,13,14)(H,15,16). The van der Waals surface area contributed by atoms with Gasteiger partial charge >= 0.3 is 5.97 Å². The van der Waals surface area contributed by atoms with Gasteiger partial charge in [0.1, 0.15) is 0 Å². The second-order valence-electron chi connectivity index (χ2n) is 5.29. The van der Waals surface area contributed by atoms with Crippen LogP contribution in [0.1, 0.15) is 39.5 Å². The molecule has 0 radical (unpaired) electrons. The van der Waals surface area contributed by atoms with Gasteiger partial charge in [-0.1, -0.05) is 0 Å². The number of carbonyl (C=O) groups excluding carboxylic acids is 1. The van der Waals surface area contributed by atoms with E-state index in [0.29, 0.717) is 12.3 Å². The third-order valence-corrected chi connectivity index (χ3v) is 4.08. The number of nitrogens with one attached hydrogen (secondary N) is 1. The van der Waals surface area contributed by atoms with E-state index in [4.69, 9.17) is 5.11 Å². The molecule has 1 aliphatic heterocycles. The minimum atomic E-state index is -0.886. The Kier molecular flexibility index (Phi) is 5.31. The van der Waals surface area contributed by atoms with Crippen LogP contribution in [0.25, 0.3) is 0 Å². The van der Waals surface area contributed by atoms with Gasteiger partial charge in [-0.2, -0.15) is 11.8 Å². The number of carboxylic acid groups (broad SMARTS) is 1. The molecule has 1 fully saturated rings. The van der Waals surface area contributed by atoms with Crippen molar-refractivity contribution >= 4 is 23.6 Å². The molecule has 0 saturated carbocycles. The van der Waals surface area contributed by atoms with Crippen LogP contribution >= 0.6 is 11.8 Å². The zero-order chi connectivity index (χ0) is 12.9. The average molecular weight is 259 g/mol. The van der Waals surface area contributed by atoms with E-state index < -0.39 is 11.5 Å². The molecule has 0 aromatic heterocycles. The Morgan fingerprint density at radius 2 is 2.18 bits per heavy atom. The van der Waals surface area contributed by atoms with Gasteiger partial charge in [-0.15, -0.1) is 0 Å². The van der Waals surface area contributed by atoms with Gasteiger partial charge in [-0.05, 0) is 44.1 Å². The molecular weight excluding hydrogens is 238 g/mol. The number of aliphatic carboxylic acids is 1. The van der Waals surface area contributed by atoms with Gasteiger partial charge in [0.25, 0.3) is 0 Å². The summed E-state index contributed by atoms with van der Waals surface area (Å²) in [6.45, 7) is 3.49. The maximum Gasteiger partial charge on any atom is 0.305 e. The molecular formula is C12H21NO3S. The summed E-state index contributed by atoms with van der Waals surface area (Å²) in [5, 5.41) is 11.5. The van der Waals surface area contributed by atoms with Gasteiger partial charge in [0.2, 0.25) is 5.91 Å². The Hall–Kier alpha value is -0.710. The van der Waals surface area contributed by atoms with Crippen LogP contribution in [0, 0.1) is 5.92 Å². The van der Waals surface area contributed by atoms with Crippen LogP contribution in [-0.4, -0.2) is 34.0 Å². The van der Waals surface area contributed by atoms with Crippen LogP contribution in [0.5, 0.6) is 0 Å². The summed E-state index contributed by atoms with van der Waals surface area (Å²) in [7, 11) is 0. The van der Waals surface area contributed by atoms with Crippen molar-refractivity contribution in [3.63, 3.8) is 0 Å². The highest BCUT2D eigenvalue weighted by molar-refractivity contribution is 7.99. The molecule has 1 heterocycles. The SMILES string of the molecule is CC(C)(CC(=O)O)NC(=O)CC1CCCSC1. The van der Waals surface area contributed by atoms with Gasteiger partial charge in [0.05, 0.1) is 6.42 Å². The Bertz CT molecular complexity index is 285. The topological polar surface area (TPSA) is 66.4 Å². The monoisotopic (exact) mass is 259 g/mol. The normalized spacial score (nSPS) is 20.9. The van der Waals surface area contributed by atoms with Crippen molar-refractivity contribution in [2.24, 2.45) is 5.92 Å². The number of carbonyl (C=O) groups is 2. The Morgan fingerprint density at radius 3 is 2.71 bits per heavy atom. The second-order valence-corrected chi connectivity index (χ2v) is 6.44. The van der Waals surface area contributed by atoms with Crippen molar-refractivity contribution in [2.75, 3.05) is 11.5 Å². The van der Waals surface area contributed by atoms with Crippen molar-refractivity contribution in [3.05, 3.63) is 0 Å². The summed E-state index contributed by atoms with van der Waals surface area (Å²) in [5.74, 6) is 1.79. The minimum Gasteiger partial charge on any atom is -0.481 e. The van der Waals surface area contributed by atoms with Gasteiger partial charge in [0, 0.05) is 12.0 Å². The number of carboxylic acids is 1. The fraction of sp³-hybridized carbons (Fsp3) is 0.833. The molecule has 5 heteroatoms. The quantitative estimate of drug-likeness (QED) is 0.791. The number of hydrogen-bond donors (Lipinski definition) is 2. The van der Waals surface area contributed by atoms with Crippen LogP contribution in [0.15, 0.2) is 0 Å². The molecule has 17 heavy (non-hydrogen) atoms. The van der Waals surface area contributed by atoms with Crippen molar-refractivity contribution < 1.29 is 14.7 Å². The highest BCUT2D eigenvalue weighted by Gasteiger charge is 2.25. The molecule has 2 N–H and O–H groups in total. The fourth-order valence-corrected chi connectivity index (χ4v) is 3.24. The number of rotatable bonds is 5. The van der Waals surface area contributed by atoms with Crippen molar-refractivity contribution in [3.8, 4) is 0 Å². The first-order valence-electron chi connectivity index (χ1n) is 5.99. The smallest absolute Gasteiger partial charge is 0.305 e. The lowest BCUT2D eigenvalue weighted by Gasteiger charge is -2.26. The first-order valence-corrected chi connectivity index (χ1v) is 7.15. The molecule has 0 bridgehead atoms. The van der Waals surface area contributed by atoms with Crippen LogP contribution in [-0.2, 0) is 9.59 Å². The summed E-state index contributed by atoms with van der Waals surface area (Å²) in [4.78, 5) is 22.4. The number of amides is 1. The predicted molar refractivity (Wildman–Crippen MR) is 69.1 cm³/mol. The molecule has 1 unspecified atom stereocenters. The van der Waals surface area contributed by atoms with E-state index in [1.54, 1.807) is 13.8 Å². The van der Waals surface area contributed by atoms with E-state index >= 15 is 0 Å². The van der Waals surface area contributed by atoms with Gasteiger partial charge in [-0.3, -0.25) is 9.59 Å². The molecule has 0 spiro atoms. The van der Waals surface area contributed by atoms with Gasteiger partial charge in [0.15, 0.2) is 0 Å². The van der Waals surface area contributed by atoms with Gasteiger partial charge in [-0.25, -0.2) is 0 Å². The van der Waals surface area contributed by atoms with E-state index in [1.165, 1.54) is 12.2 Å². The maximum absolute atomic E-state index is 11.8. The zero-order valence-corrected chi connectivity index (χ0v) is 11.3. The number of hydrogen-bond acceptors (Lipinski definition) is 3. The predicted octanol–water partition coefficient (Wildman–Crippen LogP) is 1.89. The van der Waals surface area contributed by atoms with E-state index in [2.05, 4.69) is 5.32 Å². The summed E-state index contributed by atoms with van der Waals surface area (Å²) >= 11 is 1.90. The number of thioether (sulfide) groups is 1. The molecule has 0 aromatic rings. The molecule has 1 atom stereocenters. The first-order chi connectivity index (χ1) is 7.89. The third kappa shape index (κ3) is 5.96. The molecule has 1 aliphatic rings. The van der Waals surface area contributed by atoms with Crippen molar-refractivity contribution in [2.45, 2.75) is 45.1 Å². The molecule has 0 aromatic carbocycles. The fourth-order valence-electron chi connectivity index (χ4n) is 2.08. The Morgan fingerprint density at radius 1 is 1.47 bits per heavy atom. The lowest BCUT2D eigenvalue weighted by Crippen LogP contribution is -2.45. The summed E-state index contributed by atoms with van der Waals surface area (Å²) < 4.78 is 0. The maximum atomic E-state index is 11.8. The molecule has 1 rings (SSSR count). The molecule has 4 nitrogen and oxygen atoms in total. The highest BCUT2D eigenvalue weighted by atomic mass is 32.2. The van der Waals surface area contributed by atoms with Gasteiger partial charge < -0.3 is 10.4 Å². The highest BCUT2D eigenvalue weighted by Crippen LogP contribution is 2.25. The van der Waals surface area contributed by atoms with E-state index in [0.717, 1.165) is 12.2 Å². The van der Waals surface area contributed by atoms with Crippen LogP contribution in [0.2, 0.25) is 0 Å². The van der Waals surface area contributed by atoms with E-state index in [1.807, 2.05) is 11.8 Å². The largest absolute Gasteiger partial charge is 0.481 e. The van der Waals surface area contributed by atoms with Crippen LogP contribution < -0.4 is 5.32 Å². The molecule has 1 saturated heterocycles. The molecule has 98 valence electrons. The lowest BCUT2D eigenvalue weighted by atomic mass is 9.97. The van der Waals surface area contributed by atoms with Crippen molar-refractivity contribution in [1.82, 2.24) is 5.32 Å². The summed E-state index contributed by atoms with van der Waals surface area (Å²) in [6, 6.07) is 0. The summed E-state index contributed by atoms with van der Waals surface area (Å²) in [6.07, 6.45) is 2.77. The zero-order valence-electron chi connectivity index (χ0n) is 10.5. The second kappa shape index (κ2) is 6.28. The molecule has 0 aliphatic carbocycles. The lowest BCUT2D eigenvalue weighted by molar-refractivity contribution is -0.138. The Balaban J connectivity index is 2.34. The van der Waals surface area contributed by atoms with E-state index in [-0.39, 0.29) is 12.3 Å². The molecule has 1 amide bonds. The van der Waals surface area contributed by atoms with E-state index in [9.17, 15) is 9.59 Å². The van der Waals surface area contributed by atoms with Crippen LogP contribution in [0.3, 0.4) is 0 Å². The summed E-state index contributed by atoms with van der Waals surface area (Å²) in [5.41, 5.74) is -0.662. The van der Waals surface area contributed by atoms with Crippen molar-refractivity contribution in [1.29, 1.82) is 0 Å². The van der Waals surface area contributed by atoms with Crippen LogP contribution in [0.4, 0.5) is 0 Å². The average Bonchev–Trinajstić information content (AvgIpc) is 2.15. The first kappa shape index (κ1) is 14.4. The Labute approximate surface area is 107 Å². The minimum absolute atomic E-state index is 0.0243.